The molecule has 2 aliphatic rings. The fourth-order valence-electron chi connectivity index (χ4n) is 3.78. The molecule has 0 bridgehead atoms. The average molecular weight is 363 g/mol. The van der Waals surface area contributed by atoms with Crippen LogP contribution in [0, 0.1) is 0 Å². The number of fused-ring (bicyclic) bond motifs is 1. The number of imide groups is 1. The van der Waals surface area contributed by atoms with E-state index in [1.165, 1.54) is 5.56 Å². The Morgan fingerprint density at radius 3 is 2.48 bits per heavy atom. The van der Waals surface area contributed by atoms with Crippen molar-refractivity contribution in [2.75, 3.05) is 6.54 Å². The second kappa shape index (κ2) is 6.96. The second-order valence-electron chi connectivity index (χ2n) is 7.01. The van der Waals surface area contributed by atoms with Crippen LogP contribution < -0.4 is 11.1 Å². The predicted molar refractivity (Wildman–Crippen MR) is 101 cm³/mol. The molecular formula is C21H21N3O3. The third-order valence-corrected chi connectivity index (χ3v) is 5.24. The summed E-state index contributed by atoms with van der Waals surface area (Å²) in [5.41, 5.74) is 10.4. The van der Waals surface area contributed by atoms with Gasteiger partial charge < -0.3 is 10.6 Å². The number of carbonyl (C=O) groups excluding carboxylic acids is 3. The summed E-state index contributed by atoms with van der Waals surface area (Å²) in [6, 6.07) is 13.4. The van der Waals surface area contributed by atoms with E-state index < -0.39 is 6.04 Å². The van der Waals surface area contributed by atoms with Gasteiger partial charge in [0.1, 0.15) is 6.04 Å². The molecule has 1 fully saturated rings. The number of nitrogens with one attached hydrogen (secondary N) is 1. The monoisotopic (exact) mass is 363 g/mol. The topological polar surface area (TPSA) is 92.5 Å². The maximum absolute atomic E-state index is 12.7. The van der Waals surface area contributed by atoms with Gasteiger partial charge in [0.05, 0.1) is 0 Å². The molecule has 1 unspecified atom stereocenters. The van der Waals surface area contributed by atoms with Gasteiger partial charge >= 0.3 is 0 Å². The van der Waals surface area contributed by atoms with Crippen molar-refractivity contribution in [3.63, 3.8) is 0 Å². The highest BCUT2D eigenvalue weighted by Crippen LogP contribution is 2.31. The zero-order valence-electron chi connectivity index (χ0n) is 14.9. The minimum atomic E-state index is -0.582. The van der Waals surface area contributed by atoms with Crippen molar-refractivity contribution in [2.45, 2.75) is 31.8 Å². The molecule has 2 aromatic rings. The average Bonchev–Trinajstić information content (AvgIpc) is 2.98. The first-order chi connectivity index (χ1) is 13.1. The number of hydrogen-bond acceptors (Lipinski definition) is 4. The van der Waals surface area contributed by atoms with Crippen molar-refractivity contribution in [3.05, 3.63) is 59.2 Å². The van der Waals surface area contributed by atoms with E-state index in [4.69, 9.17) is 5.73 Å². The van der Waals surface area contributed by atoms with Gasteiger partial charge in [-0.2, -0.15) is 0 Å². The van der Waals surface area contributed by atoms with Crippen molar-refractivity contribution in [3.8, 4) is 11.1 Å². The molecule has 0 aliphatic carbocycles. The van der Waals surface area contributed by atoms with E-state index in [1.54, 1.807) is 4.90 Å². The standard InChI is InChI=1S/C21H21N3O3/c22-10-9-13-1-3-14(4-2-13)15-5-6-17-16(11-15)12-24(21(17)27)18-7-8-19(25)23-20(18)26/h1-6,11,18H,7-10,12,22H2,(H,23,25,26). The Hall–Kier alpha value is -2.99. The summed E-state index contributed by atoms with van der Waals surface area (Å²) in [6.07, 6.45) is 1.48. The maximum Gasteiger partial charge on any atom is 0.255 e. The molecule has 2 aliphatic heterocycles. The molecule has 27 heavy (non-hydrogen) atoms. The lowest BCUT2D eigenvalue weighted by Crippen LogP contribution is -2.52. The van der Waals surface area contributed by atoms with Crippen LogP contribution in [0.15, 0.2) is 42.5 Å². The van der Waals surface area contributed by atoms with E-state index in [2.05, 4.69) is 29.6 Å². The van der Waals surface area contributed by atoms with Gasteiger partial charge in [-0.25, -0.2) is 0 Å². The largest absolute Gasteiger partial charge is 0.330 e. The first kappa shape index (κ1) is 17.4. The van der Waals surface area contributed by atoms with E-state index in [9.17, 15) is 14.4 Å². The molecule has 1 atom stereocenters. The lowest BCUT2D eigenvalue weighted by Gasteiger charge is -2.29. The summed E-state index contributed by atoms with van der Waals surface area (Å²) in [6.45, 7) is 1.01. The van der Waals surface area contributed by atoms with Crippen LogP contribution in [0.3, 0.4) is 0 Å². The number of nitrogens with zero attached hydrogens (tertiary/aromatic N) is 1. The molecular weight excluding hydrogens is 342 g/mol. The molecule has 3 amide bonds. The zero-order chi connectivity index (χ0) is 19.0. The Bertz CT molecular complexity index is 921. The Morgan fingerprint density at radius 2 is 1.78 bits per heavy atom. The van der Waals surface area contributed by atoms with E-state index in [0.29, 0.717) is 25.1 Å². The Morgan fingerprint density at radius 1 is 1.04 bits per heavy atom. The molecule has 3 N–H and O–H groups in total. The molecule has 138 valence electrons. The molecule has 2 heterocycles. The van der Waals surface area contributed by atoms with Crippen LogP contribution >= 0.6 is 0 Å². The van der Waals surface area contributed by atoms with E-state index in [0.717, 1.165) is 23.1 Å². The number of carbonyl (C=O) groups is 3. The summed E-state index contributed by atoms with van der Waals surface area (Å²) >= 11 is 0. The Kier molecular flexibility index (Phi) is 4.49. The number of nitrogens with two attached hydrogens (primary N) is 1. The minimum Gasteiger partial charge on any atom is -0.330 e. The smallest absolute Gasteiger partial charge is 0.255 e. The van der Waals surface area contributed by atoms with Crippen LogP contribution in [0.5, 0.6) is 0 Å². The highest BCUT2D eigenvalue weighted by atomic mass is 16.2. The third kappa shape index (κ3) is 3.24. The van der Waals surface area contributed by atoms with Gasteiger partial charge in [-0.05, 0) is 53.8 Å². The molecule has 6 nitrogen and oxygen atoms in total. The lowest BCUT2D eigenvalue weighted by atomic mass is 9.99. The van der Waals surface area contributed by atoms with Gasteiger partial charge in [0.15, 0.2) is 0 Å². The highest BCUT2D eigenvalue weighted by Gasteiger charge is 2.39. The van der Waals surface area contributed by atoms with E-state index in [-0.39, 0.29) is 24.1 Å². The summed E-state index contributed by atoms with van der Waals surface area (Å²) < 4.78 is 0. The Balaban J connectivity index is 1.57. The van der Waals surface area contributed by atoms with Crippen LogP contribution in [0.4, 0.5) is 0 Å². The third-order valence-electron chi connectivity index (χ3n) is 5.24. The van der Waals surface area contributed by atoms with Crippen molar-refractivity contribution >= 4 is 17.7 Å². The number of benzene rings is 2. The van der Waals surface area contributed by atoms with Gasteiger partial charge in [-0.15, -0.1) is 0 Å². The Labute approximate surface area is 157 Å². The van der Waals surface area contributed by atoms with Gasteiger partial charge in [0, 0.05) is 18.5 Å². The van der Waals surface area contributed by atoms with Gasteiger partial charge in [-0.3, -0.25) is 19.7 Å². The summed E-state index contributed by atoms with van der Waals surface area (Å²) in [5, 5.41) is 2.33. The number of rotatable bonds is 4. The van der Waals surface area contributed by atoms with Gasteiger partial charge in [0.25, 0.3) is 5.91 Å². The number of amides is 3. The van der Waals surface area contributed by atoms with Crippen LogP contribution in [-0.2, 0) is 22.6 Å². The van der Waals surface area contributed by atoms with Crippen LogP contribution in [-0.4, -0.2) is 35.2 Å². The molecule has 4 rings (SSSR count). The molecule has 1 saturated heterocycles. The quantitative estimate of drug-likeness (QED) is 0.808. The summed E-state index contributed by atoms with van der Waals surface area (Å²) in [7, 11) is 0. The van der Waals surface area contributed by atoms with Crippen molar-refractivity contribution < 1.29 is 14.4 Å². The molecule has 0 saturated carbocycles. The normalized spacial score (nSPS) is 19.2. The molecule has 6 heteroatoms. The molecule has 0 radical (unpaired) electrons. The maximum atomic E-state index is 12.7. The van der Waals surface area contributed by atoms with Gasteiger partial charge in [0.2, 0.25) is 11.8 Å². The minimum absolute atomic E-state index is 0.149. The fraction of sp³-hybridized carbons (Fsp3) is 0.286. The van der Waals surface area contributed by atoms with Crippen molar-refractivity contribution in [2.24, 2.45) is 5.73 Å². The van der Waals surface area contributed by atoms with Crippen LogP contribution in [0.1, 0.15) is 34.3 Å². The number of hydrogen-bond donors (Lipinski definition) is 2. The second-order valence-corrected chi connectivity index (χ2v) is 7.01. The van der Waals surface area contributed by atoms with Crippen molar-refractivity contribution in [1.82, 2.24) is 10.2 Å². The first-order valence-electron chi connectivity index (χ1n) is 9.14. The van der Waals surface area contributed by atoms with E-state index >= 15 is 0 Å². The van der Waals surface area contributed by atoms with Crippen LogP contribution in [0.2, 0.25) is 0 Å². The predicted octanol–water partition coefficient (Wildman–Crippen LogP) is 1.62. The SMILES string of the molecule is NCCc1ccc(-c2ccc3c(c2)CN(C2CCC(=O)NC2=O)C3=O)cc1. The molecule has 0 aromatic heterocycles. The summed E-state index contributed by atoms with van der Waals surface area (Å²) in [5.74, 6) is -0.812. The fourth-order valence-corrected chi connectivity index (χ4v) is 3.78. The highest BCUT2D eigenvalue weighted by molar-refractivity contribution is 6.05. The molecule has 0 spiro atoms. The van der Waals surface area contributed by atoms with Crippen LogP contribution in [0.25, 0.3) is 11.1 Å². The lowest BCUT2D eigenvalue weighted by molar-refractivity contribution is -0.136. The zero-order valence-corrected chi connectivity index (χ0v) is 14.9. The van der Waals surface area contributed by atoms with Crippen molar-refractivity contribution in [1.29, 1.82) is 0 Å². The summed E-state index contributed by atoms with van der Waals surface area (Å²) in [4.78, 5) is 37.8. The van der Waals surface area contributed by atoms with Gasteiger partial charge in [-0.1, -0.05) is 30.3 Å². The molecule has 2 aromatic carbocycles. The number of piperidine rings is 1. The first-order valence-corrected chi connectivity index (χ1v) is 9.14. The van der Waals surface area contributed by atoms with E-state index in [1.807, 2.05) is 18.2 Å².